The van der Waals surface area contributed by atoms with E-state index in [4.69, 9.17) is 11.6 Å². The monoisotopic (exact) mass is 318 g/mol. The largest absolute Gasteiger partial charge is 0.271 e. The van der Waals surface area contributed by atoms with Crippen molar-refractivity contribution in [2.75, 3.05) is 5.33 Å². The Hall–Kier alpha value is -0.0200. The third-order valence-electron chi connectivity index (χ3n) is 4.00. The van der Waals surface area contributed by atoms with Crippen LogP contribution in [0.4, 0.5) is 0 Å². The van der Waals surface area contributed by atoms with Gasteiger partial charge < -0.3 is 0 Å². The van der Waals surface area contributed by atoms with Gasteiger partial charge in [-0.3, -0.25) is 4.68 Å². The summed E-state index contributed by atoms with van der Waals surface area (Å²) >= 11 is 10.1. The van der Waals surface area contributed by atoms with Crippen LogP contribution in [-0.2, 0) is 13.5 Å². The van der Waals surface area contributed by atoms with Crippen LogP contribution in [0.15, 0.2) is 0 Å². The van der Waals surface area contributed by atoms with E-state index in [9.17, 15) is 0 Å². The van der Waals surface area contributed by atoms with Crippen LogP contribution in [-0.4, -0.2) is 15.1 Å². The summed E-state index contributed by atoms with van der Waals surface area (Å²) in [5, 5.41) is 6.34. The standard InChI is InChI=1S/C13H20BrClN2/c1-10-12(15)11(17(2)16-10)8-13(9-14)6-4-3-5-7-13/h3-9H2,1-2H3. The minimum absolute atomic E-state index is 0.391. The second kappa shape index (κ2) is 5.31. The van der Waals surface area contributed by atoms with E-state index in [1.165, 1.54) is 37.8 Å². The molecular weight excluding hydrogens is 300 g/mol. The van der Waals surface area contributed by atoms with Crippen molar-refractivity contribution >= 4 is 27.5 Å². The van der Waals surface area contributed by atoms with E-state index < -0.39 is 0 Å². The van der Waals surface area contributed by atoms with Crippen molar-refractivity contribution in [2.24, 2.45) is 12.5 Å². The first-order valence-corrected chi connectivity index (χ1v) is 7.82. The highest BCUT2D eigenvalue weighted by Crippen LogP contribution is 2.41. The molecule has 0 aromatic carbocycles. The first kappa shape index (κ1) is 13.4. The van der Waals surface area contributed by atoms with Crippen LogP contribution in [0, 0.1) is 12.3 Å². The number of halogens is 2. The number of alkyl halides is 1. The fraction of sp³-hybridized carbons (Fsp3) is 0.769. The van der Waals surface area contributed by atoms with Crippen molar-refractivity contribution in [3.63, 3.8) is 0 Å². The molecule has 96 valence electrons. The maximum absolute atomic E-state index is 6.35. The number of hydrogen-bond donors (Lipinski definition) is 0. The molecule has 0 N–H and O–H groups in total. The second-order valence-electron chi connectivity index (χ2n) is 5.34. The molecule has 1 saturated carbocycles. The van der Waals surface area contributed by atoms with E-state index in [2.05, 4.69) is 21.0 Å². The van der Waals surface area contributed by atoms with Crippen molar-refractivity contribution in [1.82, 2.24) is 9.78 Å². The number of nitrogens with zero attached hydrogens (tertiary/aromatic N) is 2. The molecule has 1 aromatic rings. The van der Waals surface area contributed by atoms with Gasteiger partial charge in [-0.15, -0.1) is 0 Å². The molecule has 0 radical (unpaired) electrons. The Labute approximate surface area is 117 Å². The molecule has 0 unspecified atom stereocenters. The van der Waals surface area contributed by atoms with E-state index >= 15 is 0 Å². The molecule has 4 heteroatoms. The smallest absolute Gasteiger partial charge is 0.0847 e. The van der Waals surface area contributed by atoms with Crippen molar-refractivity contribution in [3.8, 4) is 0 Å². The molecule has 17 heavy (non-hydrogen) atoms. The Kier molecular flexibility index (Phi) is 4.19. The Morgan fingerprint density at radius 3 is 2.47 bits per heavy atom. The molecule has 0 atom stereocenters. The van der Waals surface area contributed by atoms with Gasteiger partial charge in [0.1, 0.15) is 0 Å². The summed E-state index contributed by atoms with van der Waals surface area (Å²) in [6.45, 7) is 1.98. The van der Waals surface area contributed by atoms with E-state index in [1.807, 2.05) is 18.7 Å². The highest BCUT2D eigenvalue weighted by molar-refractivity contribution is 9.09. The number of hydrogen-bond acceptors (Lipinski definition) is 1. The fourth-order valence-electron chi connectivity index (χ4n) is 2.89. The van der Waals surface area contributed by atoms with Crippen molar-refractivity contribution in [1.29, 1.82) is 0 Å². The van der Waals surface area contributed by atoms with Gasteiger partial charge in [0.15, 0.2) is 0 Å². The lowest BCUT2D eigenvalue weighted by Gasteiger charge is -2.35. The number of aromatic nitrogens is 2. The van der Waals surface area contributed by atoms with E-state index in [0.717, 1.165) is 22.5 Å². The topological polar surface area (TPSA) is 17.8 Å². The zero-order chi connectivity index (χ0) is 12.5. The third kappa shape index (κ3) is 2.70. The quantitative estimate of drug-likeness (QED) is 0.761. The first-order valence-electron chi connectivity index (χ1n) is 6.32. The van der Waals surface area contributed by atoms with Crippen molar-refractivity contribution in [3.05, 3.63) is 16.4 Å². The normalized spacial score (nSPS) is 19.5. The van der Waals surface area contributed by atoms with Gasteiger partial charge in [0.05, 0.1) is 16.4 Å². The molecule has 1 heterocycles. The van der Waals surface area contributed by atoms with E-state index in [1.54, 1.807) is 0 Å². The molecule has 1 fully saturated rings. The third-order valence-corrected chi connectivity index (χ3v) is 5.68. The molecule has 1 aliphatic carbocycles. The second-order valence-corrected chi connectivity index (χ2v) is 6.28. The lowest BCUT2D eigenvalue weighted by atomic mass is 9.72. The zero-order valence-corrected chi connectivity index (χ0v) is 12.9. The zero-order valence-electron chi connectivity index (χ0n) is 10.6. The van der Waals surface area contributed by atoms with Gasteiger partial charge in [0.2, 0.25) is 0 Å². The predicted molar refractivity (Wildman–Crippen MR) is 76.0 cm³/mol. The number of aryl methyl sites for hydroxylation is 2. The van der Waals surface area contributed by atoms with Crippen LogP contribution in [0.25, 0.3) is 0 Å². The average Bonchev–Trinajstić information content (AvgIpc) is 2.57. The van der Waals surface area contributed by atoms with Crippen LogP contribution in [0.5, 0.6) is 0 Å². The minimum Gasteiger partial charge on any atom is -0.271 e. The summed E-state index contributed by atoms with van der Waals surface area (Å²) in [7, 11) is 2.00. The van der Waals surface area contributed by atoms with Gasteiger partial charge in [-0.25, -0.2) is 0 Å². The summed E-state index contributed by atoms with van der Waals surface area (Å²) in [6, 6.07) is 0. The molecule has 0 bridgehead atoms. The van der Waals surface area contributed by atoms with Crippen molar-refractivity contribution < 1.29 is 0 Å². The van der Waals surface area contributed by atoms with Gasteiger partial charge >= 0.3 is 0 Å². The van der Waals surface area contributed by atoms with Gasteiger partial charge in [-0.05, 0) is 31.6 Å². The van der Waals surface area contributed by atoms with E-state index in [-0.39, 0.29) is 0 Å². The van der Waals surface area contributed by atoms with Crippen LogP contribution >= 0.6 is 27.5 Å². The molecule has 2 nitrogen and oxygen atoms in total. The van der Waals surface area contributed by atoms with Gasteiger partial charge in [0.25, 0.3) is 0 Å². The van der Waals surface area contributed by atoms with E-state index in [0.29, 0.717) is 5.41 Å². The average molecular weight is 320 g/mol. The molecule has 1 aliphatic rings. The molecule has 2 rings (SSSR count). The Morgan fingerprint density at radius 1 is 1.35 bits per heavy atom. The SMILES string of the molecule is Cc1nn(C)c(CC2(CBr)CCCCC2)c1Cl. The molecule has 0 amide bonds. The molecule has 0 saturated heterocycles. The maximum Gasteiger partial charge on any atom is 0.0847 e. The van der Waals surface area contributed by atoms with Crippen molar-refractivity contribution in [2.45, 2.75) is 45.4 Å². The highest BCUT2D eigenvalue weighted by Gasteiger charge is 2.33. The predicted octanol–water partition coefficient (Wildman–Crippen LogP) is 4.27. The summed E-state index contributed by atoms with van der Waals surface area (Å²) in [5.41, 5.74) is 2.54. The first-order chi connectivity index (χ1) is 8.08. The maximum atomic E-state index is 6.35. The lowest BCUT2D eigenvalue weighted by molar-refractivity contribution is 0.219. The summed E-state index contributed by atoms with van der Waals surface area (Å²) in [6.07, 6.45) is 7.74. The number of rotatable bonds is 3. The van der Waals surface area contributed by atoms with Crippen LogP contribution in [0.2, 0.25) is 5.02 Å². The van der Waals surface area contributed by atoms with Crippen LogP contribution in [0.3, 0.4) is 0 Å². The molecular formula is C13H20BrClN2. The fourth-order valence-corrected chi connectivity index (χ4v) is 3.87. The highest BCUT2D eigenvalue weighted by atomic mass is 79.9. The van der Waals surface area contributed by atoms with Crippen LogP contribution in [0.1, 0.15) is 43.5 Å². The Bertz CT molecular complexity index is 394. The van der Waals surface area contributed by atoms with Crippen LogP contribution < -0.4 is 0 Å². The van der Waals surface area contributed by atoms with Gasteiger partial charge in [0, 0.05) is 12.4 Å². The molecule has 0 aliphatic heterocycles. The summed E-state index contributed by atoms with van der Waals surface area (Å²) < 4.78 is 1.96. The Balaban J connectivity index is 2.23. The van der Waals surface area contributed by atoms with Gasteiger partial charge in [-0.2, -0.15) is 5.10 Å². The lowest BCUT2D eigenvalue weighted by Crippen LogP contribution is -2.29. The Morgan fingerprint density at radius 2 is 2.00 bits per heavy atom. The molecule has 0 spiro atoms. The minimum atomic E-state index is 0.391. The molecule has 1 aromatic heterocycles. The summed E-state index contributed by atoms with van der Waals surface area (Å²) in [4.78, 5) is 0. The summed E-state index contributed by atoms with van der Waals surface area (Å²) in [5.74, 6) is 0. The van der Waals surface area contributed by atoms with Gasteiger partial charge in [-0.1, -0.05) is 46.8 Å².